The number of hydrogen-bond donors (Lipinski definition) is 2. The molecule has 2 amide bonds. The van der Waals surface area contributed by atoms with Crippen molar-refractivity contribution in [2.45, 2.75) is 57.9 Å². The number of aryl methyl sites for hydroxylation is 1. The molecule has 2 aliphatic rings. The fourth-order valence-corrected chi connectivity index (χ4v) is 6.00. The number of piperidine rings is 2. The topological polar surface area (TPSA) is 91.6 Å². The van der Waals surface area contributed by atoms with E-state index in [2.05, 4.69) is 65.6 Å². The second kappa shape index (κ2) is 11.1. The molecule has 7 nitrogen and oxygen atoms in total. The highest BCUT2D eigenvalue weighted by molar-refractivity contribution is 6.39. The van der Waals surface area contributed by atoms with Gasteiger partial charge in [-0.1, -0.05) is 44.2 Å². The molecule has 7 heteroatoms. The minimum atomic E-state index is -0.636. The number of benzene rings is 2. The van der Waals surface area contributed by atoms with Crippen molar-refractivity contribution in [2.75, 3.05) is 37.7 Å². The van der Waals surface area contributed by atoms with Crippen molar-refractivity contribution < 1.29 is 9.59 Å². The average Bonchev–Trinajstić information content (AvgIpc) is 2.93. The Hall–Kier alpha value is -3.45. The molecule has 2 saturated heterocycles. The Balaban J connectivity index is 1.38. The number of fused-ring (bicyclic) bond motifs is 1. The number of carbonyl (C=O) groups is 2. The quantitative estimate of drug-likeness (QED) is 0.472. The van der Waals surface area contributed by atoms with Crippen molar-refractivity contribution in [3.8, 4) is 0 Å². The Morgan fingerprint density at radius 2 is 1.71 bits per heavy atom. The number of nitrogens with two attached hydrogens (primary N) is 1. The molecule has 0 spiro atoms. The first-order valence-corrected chi connectivity index (χ1v) is 13.9. The van der Waals surface area contributed by atoms with E-state index in [0.29, 0.717) is 36.3 Å². The van der Waals surface area contributed by atoms with Gasteiger partial charge >= 0.3 is 11.8 Å². The van der Waals surface area contributed by atoms with Crippen LogP contribution in [-0.4, -0.2) is 53.3 Å². The minimum absolute atomic E-state index is 0.128. The molecular formula is C31H39N5O2. The smallest absolute Gasteiger partial charge is 0.313 e. The predicted octanol–water partition coefficient (Wildman–Crippen LogP) is 5.13. The third kappa shape index (κ3) is 5.53. The number of rotatable bonds is 4. The zero-order valence-electron chi connectivity index (χ0n) is 22.7. The normalized spacial score (nSPS) is 21.0. The summed E-state index contributed by atoms with van der Waals surface area (Å²) in [5.74, 6) is 0.230. The van der Waals surface area contributed by atoms with E-state index in [0.717, 1.165) is 37.1 Å². The number of amides is 2. The molecule has 0 unspecified atom stereocenters. The van der Waals surface area contributed by atoms with Crippen LogP contribution in [-0.2, 0) is 16.0 Å². The molecule has 0 saturated carbocycles. The Labute approximate surface area is 225 Å². The molecule has 3 aromatic rings. The van der Waals surface area contributed by atoms with Gasteiger partial charge in [-0.3, -0.25) is 9.59 Å². The number of likely N-dealkylation sites (tertiary alicyclic amines) is 2. The summed E-state index contributed by atoms with van der Waals surface area (Å²) in [7, 11) is 2.19. The van der Waals surface area contributed by atoms with Crippen LogP contribution >= 0.6 is 0 Å². The molecule has 5 rings (SSSR count). The summed E-state index contributed by atoms with van der Waals surface area (Å²) in [5.41, 5.74) is 9.72. The molecule has 2 aliphatic heterocycles. The maximum Gasteiger partial charge on any atom is 0.313 e. The van der Waals surface area contributed by atoms with Crippen LogP contribution in [0.25, 0.3) is 10.8 Å². The van der Waals surface area contributed by atoms with Crippen LogP contribution in [0.4, 0.5) is 11.5 Å². The van der Waals surface area contributed by atoms with Crippen LogP contribution < -0.4 is 11.1 Å². The van der Waals surface area contributed by atoms with Crippen molar-refractivity contribution in [2.24, 2.45) is 5.92 Å². The first-order valence-electron chi connectivity index (χ1n) is 13.9. The minimum Gasteiger partial charge on any atom is -0.383 e. The third-order valence-electron chi connectivity index (χ3n) is 8.38. The second-order valence-corrected chi connectivity index (χ2v) is 11.2. The fourth-order valence-electron chi connectivity index (χ4n) is 6.00. The summed E-state index contributed by atoms with van der Waals surface area (Å²) < 4.78 is 0. The zero-order valence-corrected chi connectivity index (χ0v) is 22.7. The average molecular weight is 514 g/mol. The van der Waals surface area contributed by atoms with E-state index >= 15 is 0 Å². The van der Waals surface area contributed by atoms with Crippen molar-refractivity contribution in [1.82, 2.24) is 14.8 Å². The molecule has 3 heterocycles. The lowest BCUT2D eigenvalue weighted by molar-refractivity contribution is -0.146. The summed E-state index contributed by atoms with van der Waals surface area (Å²) in [6.45, 7) is 6.94. The van der Waals surface area contributed by atoms with Gasteiger partial charge in [0.05, 0.1) is 17.9 Å². The van der Waals surface area contributed by atoms with Gasteiger partial charge in [0.25, 0.3) is 0 Å². The highest BCUT2D eigenvalue weighted by Crippen LogP contribution is 2.36. The van der Waals surface area contributed by atoms with Gasteiger partial charge in [0.15, 0.2) is 0 Å². The number of pyridine rings is 1. The van der Waals surface area contributed by atoms with Gasteiger partial charge in [-0.05, 0) is 104 Å². The van der Waals surface area contributed by atoms with E-state index in [-0.39, 0.29) is 6.04 Å². The maximum absolute atomic E-state index is 13.5. The standard InChI is InChI=1S/C31H39N5O2/c1-4-21-17-27(18-33-29(21)32)34-30(37)31(38)36-19-20(2)5-10-28(36)25-9-7-22-6-8-24(15-26(22)16-25)23-11-13-35(3)14-12-23/h6-9,15-18,20,23,28H,4-5,10-14,19H2,1-3H3,(H2,32,33)(H,34,37)/t20-,28+/m0/s1. The Morgan fingerprint density at radius 1 is 1.00 bits per heavy atom. The molecule has 2 atom stereocenters. The highest BCUT2D eigenvalue weighted by atomic mass is 16.2. The van der Waals surface area contributed by atoms with Crippen LogP contribution in [0.5, 0.6) is 0 Å². The van der Waals surface area contributed by atoms with Crippen molar-refractivity contribution in [3.05, 3.63) is 65.4 Å². The van der Waals surface area contributed by atoms with Crippen LogP contribution in [0.15, 0.2) is 48.7 Å². The van der Waals surface area contributed by atoms with Crippen LogP contribution in [0.3, 0.4) is 0 Å². The van der Waals surface area contributed by atoms with E-state index in [4.69, 9.17) is 5.73 Å². The molecule has 0 aliphatic carbocycles. The molecule has 2 aromatic carbocycles. The lowest BCUT2D eigenvalue weighted by Gasteiger charge is -2.38. The SMILES string of the molecule is CCc1cc(NC(=O)C(=O)N2C[C@@H](C)CC[C@@H]2c2ccc3ccc(C4CCN(C)CC4)cc3c2)cnc1N. The first-order chi connectivity index (χ1) is 18.3. The first kappa shape index (κ1) is 26.2. The number of aromatic nitrogens is 1. The molecule has 0 radical (unpaired) electrons. The lowest BCUT2D eigenvalue weighted by Crippen LogP contribution is -2.46. The number of anilines is 2. The Morgan fingerprint density at radius 3 is 2.45 bits per heavy atom. The van der Waals surface area contributed by atoms with Crippen LogP contribution in [0.2, 0.25) is 0 Å². The number of nitrogens with zero attached hydrogens (tertiary/aromatic N) is 3. The second-order valence-electron chi connectivity index (χ2n) is 11.2. The third-order valence-corrected chi connectivity index (χ3v) is 8.38. The molecule has 38 heavy (non-hydrogen) atoms. The molecule has 200 valence electrons. The fraction of sp³-hybridized carbons (Fsp3) is 0.452. The summed E-state index contributed by atoms with van der Waals surface area (Å²) in [5, 5.41) is 5.16. The van der Waals surface area contributed by atoms with Crippen molar-refractivity contribution in [3.63, 3.8) is 0 Å². The van der Waals surface area contributed by atoms with E-state index in [1.807, 2.05) is 6.92 Å². The van der Waals surface area contributed by atoms with Crippen molar-refractivity contribution >= 4 is 34.1 Å². The van der Waals surface area contributed by atoms with Gasteiger partial charge in [0.1, 0.15) is 5.82 Å². The monoisotopic (exact) mass is 513 g/mol. The summed E-state index contributed by atoms with van der Waals surface area (Å²) in [4.78, 5) is 34.9. The van der Waals surface area contributed by atoms with Crippen LogP contribution in [0, 0.1) is 5.92 Å². The highest BCUT2D eigenvalue weighted by Gasteiger charge is 2.34. The van der Waals surface area contributed by atoms with Gasteiger partial charge < -0.3 is 20.9 Å². The predicted molar refractivity (Wildman–Crippen MR) is 153 cm³/mol. The number of nitrogens with one attached hydrogen (secondary N) is 1. The van der Waals surface area contributed by atoms with E-state index in [1.54, 1.807) is 11.0 Å². The summed E-state index contributed by atoms with van der Waals surface area (Å²) in [6.07, 6.45) is 6.42. The largest absolute Gasteiger partial charge is 0.383 e. The Bertz CT molecular complexity index is 1330. The zero-order chi connectivity index (χ0) is 26.8. The number of nitrogen functional groups attached to an aromatic ring is 1. The number of hydrogen-bond acceptors (Lipinski definition) is 5. The summed E-state index contributed by atoms with van der Waals surface area (Å²) in [6, 6.07) is 15.0. The maximum atomic E-state index is 13.5. The van der Waals surface area contributed by atoms with Crippen LogP contribution in [0.1, 0.15) is 68.2 Å². The van der Waals surface area contributed by atoms with Gasteiger partial charge in [0, 0.05) is 6.54 Å². The van der Waals surface area contributed by atoms with Gasteiger partial charge in [-0.15, -0.1) is 0 Å². The molecule has 0 bridgehead atoms. The van der Waals surface area contributed by atoms with E-state index in [1.165, 1.54) is 35.4 Å². The molecule has 3 N–H and O–H groups in total. The molecule has 2 fully saturated rings. The van der Waals surface area contributed by atoms with Gasteiger partial charge in [-0.2, -0.15) is 0 Å². The van der Waals surface area contributed by atoms with E-state index < -0.39 is 11.8 Å². The van der Waals surface area contributed by atoms with Gasteiger partial charge in [-0.25, -0.2) is 4.98 Å². The molecular weight excluding hydrogens is 474 g/mol. The van der Waals surface area contributed by atoms with E-state index in [9.17, 15) is 9.59 Å². The lowest BCUT2D eigenvalue weighted by atomic mass is 9.86. The van der Waals surface area contributed by atoms with Crippen molar-refractivity contribution in [1.29, 1.82) is 0 Å². The molecule has 1 aromatic heterocycles. The summed E-state index contributed by atoms with van der Waals surface area (Å²) >= 11 is 0. The van der Waals surface area contributed by atoms with Gasteiger partial charge in [0.2, 0.25) is 0 Å². The Kier molecular flexibility index (Phi) is 7.65. The number of carbonyl (C=O) groups excluding carboxylic acids is 2.